The number of hydrogen-bond acceptors (Lipinski definition) is 4. The van der Waals surface area contributed by atoms with Gasteiger partial charge >= 0.3 is 0 Å². The Labute approximate surface area is 168 Å². The van der Waals surface area contributed by atoms with Gasteiger partial charge in [-0.2, -0.15) is 0 Å². The molecule has 1 N–H and O–H groups in total. The van der Waals surface area contributed by atoms with Gasteiger partial charge in [0, 0.05) is 17.7 Å². The van der Waals surface area contributed by atoms with Crippen LogP contribution in [0.3, 0.4) is 0 Å². The normalized spacial score (nSPS) is 13.4. The average molecular weight is 381 g/mol. The smallest absolute Gasteiger partial charge is 0.144 e. The minimum Gasteiger partial charge on any atom is -0.392 e. The lowest BCUT2D eigenvalue weighted by atomic mass is 10.1. The molecular formula is C24H32N2O2. The van der Waals surface area contributed by atoms with Crippen LogP contribution in [-0.4, -0.2) is 48.1 Å². The molecule has 0 amide bonds. The summed E-state index contributed by atoms with van der Waals surface area (Å²) >= 11 is 0. The van der Waals surface area contributed by atoms with Crippen LogP contribution in [0.4, 0.5) is 0 Å². The molecule has 1 aliphatic carbocycles. The van der Waals surface area contributed by atoms with Crippen LogP contribution < -0.4 is 0 Å². The Balaban J connectivity index is 1.62. The van der Waals surface area contributed by atoms with Gasteiger partial charge in [-0.05, 0) is 37.1 Å². The monoisotopic (exact) mass is 380 g/mol. The highest BCUT2D eigenvalue weighted by atomic mass is 16.6. The summed E-state index contributed by atoms with van der Waals surface area (Å²) in [5, 5.41) is 14.9. The van der Waals surface area contributed by atoms with Gasteiger partial charge in [0.15, 0.2) is 0 Å². The molecule has 1 atom stereocenters. The first-order chi connectivity index (χ1) is 13.7. The number of hydrogen-bond donors (Lipinski definition) is 1. The van der Waals surface area contributed by atoms with E-state index < -0.39 is 6.10 Å². The second-order valence-electron chi connectivity index (χ2n) is 7.49. The minimum atomic E-state index is -0.537. The Morgan fingerprint density at radius 3 is 1.86 bits per heavy atom. The summed E-state index contributed by atoms with van der Waals surface area (Å²) in [6.07, 6.45) is 4.12. The van der Waals surface area contributed by atoms with Crippen LogP contribution in [-0.2, 0) is 4.84 Å². The van der Waals surface area contributed by atoms with Crippen LogP contribution in [0, 0.1) is 0 Å². The third-order valence-electron chi connectivity index (χ3n) is 5.20. The van der Waals surface area contributed by atoms with Crippen molar-refractivity contribution in [1.29, 1.82) is 0 Å². The van der Waals surface area contributed by atoms with Crippen LogP contribution in [0.2, 0.25) is 0 Å². The van der Waals surface area contributed by atoms with Gasteiger partial charge in [-0.3, -0.25) is 0 Å². The van der Waals surface area contributed by atoms with Crippen molar-refractivity contribution in [2.45, 2.75) is 45.6 Å². The van der Waals surface area contributed by atoms with Crippen LogP contribution >= 0.6 is 0 Å². The Bertz CT molecular complexity index is 732. The van der Waals surface area contributed by atoms with E-state index in [4.69, 9.17) is 4.84 Å². The van der Waals surface area contributed by atoms with E-state index in [1.807, 2.05) is 24.3 Å². The van der Waals surface area contributed by atoms with Crippen LogP contribution in [0.1, 0.15) is 50.7 Å². The van der Waals surface area contributed by atoms with Crippen molar-refractivity contribution in [2.75, 3.05) is 26.2 Å². The first-order valence-electron chi connectivity index (χ1n) is 10.5. The summed E-state index contributed by atoms with van der Waals surface area (Å²) in [5.41, 5.74) is 5.40. The lowest BCUT2D eigenvalue weighted by molar-refractivity contribution is 0.0187. The van der Waals surface area contributed by atoms with Gasteiger partial charge in [0.25, 0.3) is 0 Å². The number of aliphatic hydroxyl groups excluding tert-OH is 1. The number of oxime groups is 1. The van der Waals surface area contributed by atoms with E-state index in [2.05, 4.69) is 48.2 Å². The molecule has 2 aromatic rings. The summed E-state index contributed by atoms with van der Waals surface area (Å²) in [6.45, 7) is 7.31. The molecule has 0 spiro atoms. The summed E-state index contributed by atoms with van der Waals surface area (Å²) in [4.78, 5) is 7.96. The van der Waals surface area contributed by atoms with Crippen molar-refractivity contribution in [2.24, 2.45) is 5.16 Å². The maximum Gasteiger partial charge on any atom is 0.144 e. The fourth-order valence-electron chi connectivity index (χ4n) is 3.69. The molecule has 3 rings (SSSR count). The molecule has 150 valence electrons. The molecule has 0 saturated carbocycles. The third-order valence-corrected chi connectivity index (χ3v) is 5.20. The Morgan fingerprint density at radius 1 is 0.857 bits per heavy atom. The predicted octanol–water partition coefficient (Wildman–Crippen LogP) is 4.70. The molecular weight excluding hydrogens is 348 g/mol. The van der Waals surface area contributed by atoms with Gasteiger partial charge < -0.3 is 14.8 Å². The molecule has 0 aliphatic heterocycles. The summed E-state index contributed by atoms with van der Waals surface area (Å²) in [6, 6.07) is 16.5. The van der Waals surface area contributed by atoms with Crippen LogP contribution in [0.15, 0.2) is 53.7 Å². The fourth-order valence-corrected chi connectivity index (χ4v) is 3.69. The number of unbranched alkanes of at least 4 members (excludes halogenated alkanes) is 2. The maximum absolute atomic E-state index is 10.4. The van der Waals surface area contributed by atoms with Crippen LogP contribution in [0.5, 0.6) is 0 Å². The summed E-state index contributed by atoms with van der Waals surface area (Å²) in [7, 11) is 0. The molecule has 28 heavy (non-hydrogen) atoms. The molecule has 0 saturated heterocycles. The maximum atomic E-state index is 10.4. The number of benzene rings is 2. The van der Waals surface area contributed by atoms with Gasteiger partial charge in [-0.1, -0.05) is 80.4 Å². The quantitative estimate of drug-likeness (QED) is 0.491. The SMILES string of the molecule is CCCCN(CCCC)CC(O)CON=C1c2ccccc2-c2ccccc21. The van der Waals surface area contributed by atoms with Gasteiger partial charge in [-0.15, -0.1) is 0 Å². The van der Waals surface area contributed by atoms with Gasteiger partial charge in [0.2, 0.25) is 0 Å². The Hall–Kier alpha value is -2.17. The zero-order chi connectivity index (χ0) is 19.8. The molecule has 2 aromatic carbocycles. The van der Waals surface area contributed by atoms with Crippen molar-refractivity contribution < 1.29 is 9.94 Å². The van der Waals surface area contributed by atoms with Gasteiger partial charge in [0.05, 0.1) is 0 Å². The number of rotatable bonds is 11. The number of nitrogens with zero attached hydrogens (tertiary/aromatic N) is 2. The predicted molar refractivity (Wildman–Crippen MR) is 116 cm³/mol. The van der Waals surface area contributed by atoms with E-state index >= 15 is 0 Å². The third kappa shape index (κ3) is 5.00. The second kappa shape index (κ2) is 10.4. The largest absolute Gasteiger partial charge is 0.392 e. The molecule has 4 heteroatoms. The lowest BCUT2D eigenvalue weighted by Gasteiger charge is -2.24. The van der Waals surface area contributed by atoms with E-state index in [0.717, 1.165) is 42.8 Å². The van der Waals surface area contributed by atoms with E-state index in [9.17, 15) is 5.11 Å². The summed E-state index contributed by atoms with van der Waals surface area (Å²) < 4.78 is 0. The molecule has 0 radical (unpaired) electrons. The average Bonchev–Trinajstić information content (AvgIpc) is 3.04. The molecule has 0 heterocycles. The molecule has 1 aliphatic rings. The molecule has 4 nitrogen and oxygen atoms in total. The number of aliphatic hydroxyl groups is 1. The second-order valence-corrected chi connectivity index (χ2v) is 7.49. The molecule has 0 bridgehead atoms. The molecule has 0 fully saturated rings. The zero-order valence-corrected chi connectivity index (χ0v) is 17.1. The van der Waals surface area contributed by atoms with Crippen molar-refractivity contribution >= 4 is 5.71 Å². The van der Waals surface area contributed by atoms with Gasteiger partial charge in [-0.25, -0.2) is 0 Å². The summed E-state index contributed by atoms with van der Waals surface area (Å²) in [5.74, 6) is 0. The van der Waals surface area contributed by atoms with Crippen molar-refractivity contribution in [3.63, 3.8) is 0 Å². The highest BCUT2D eigenvalue weighted by Gasteiger charge is 2.24. The standard InChI is InChI=1S/C24H32N2O2/c1-3-5-15-26(16-6-4-2)17-19(27)18-28-25-24-22-13-9-7-11-20(22)21-12-8-10-14-23(21)24/h7-14,19,27H,3-6,15-18H2,1-2H3. The van der Waals surface area contributed by atoms with Crippen LogP contribution in [0.25, 0.3) is 11.1 Å². The van der Waals surface area contributed by atoms with Crippen molar-refractivity contribution in [3.05, 3.63) is 59.7 Å². The van der Waals surface area contributed by atoms with E-state index in [1.54, 1.807) is 0 Å². The Kier molecular flexibility index (Phi) is 7.63. The minimum absolute atomic E-state index is 0.211. The molecule has 0 aromatic heterocycles. The highest BCUT2D eigenvalue weighted by Crippen LogP contribution is 2.36. The fraction of sp³-hybridized carbons (Fsp3) is 0.458. The van der Waals surface area contributed by atoms with E-state index in [0.29, 0.717) is 6.54 Å². The molecule has 1 unspecified atom stereocenters. The van der Waals surface area contributed by atoms with Crippen molar-refractivity contribution in [1.82, 2.24) is 4.90 Å². The topological polar surface area (TPSA) is 45.1 Å². The lowest BCUT2D eigenvalue weighted by Crippen LogP contribution is -2.36. The first-order valence-corrected chi connectivity index (χ1v) is 10.5. The number of fused-ring (bicyclic) bond motifs is 3. The highest BCUT2D eigenvalue weighted by molar-refractivity contribution is 6.24. The van der Waals surface area contributed by atoms with E-state index in [-0.39, 0.29) is 6.61 Å². The zero-order valence-electron chi connectivity index (χ0n) is 17.1. The first kappa shape index (κ1) is 20.6. The Morgan fingerprint density at radius 2 is 1.36 bits per heavy atom. The van der Waals surface area contributed by atoms with Crippen molar-refractivity contribution in [3.8, 4) is 11.1 Å². The van der Waals surface area contributed by atoms with E-state index in [1.165, 1.54) is 24.0 Å². The van der Waals surface area contributed by atoms with Gasteiger partial charge in [0.1, 0.15) is 18.4 Å².